The Morgan fingerprint density at radius 3 is 2.54 bits per heavy atom. The SMILES string of the molecule is Cc1cc(NC(=O)[C@H]2[C@@H](C(=O)O)C2(C)C)n([C@@H]2CCS(=O)(=O)C2)n1. The molecule has 0 bridgehead atoms. The summed E-state index contributed by atoms with van der Waals surface area (Å²) in [5, 5.41) is 16.2. The Kier molecular flexibility index (Phi) is 3.74. The first-order chi connectivity index (χ1) is 11.0. The largest absolute Gasteiger partial charge is 0.481 e. The first-order valence-corrected chi connectivity index (χ1v) is 9.65. The maximum absolute atomic E-state index is 12.5. The van der Waals surface area contributed by atoms with Crippen LogP contribution in [0, 0.1) is 24.2 Å². The molecule has 3 atom stereocenters. The van der Waals surface area contributed by atoms with Gasteiger partial charge in [-0.2, -0.15) is 5.10 Å². The predicted octanol–water partition coefficient (Wildman–Crippen LogP) is 0.846. The van der Waals surface area contributed by atoms with Gasteiger partial charge < -0.3 is 10.4 Å². The van der Waals surface area contributed by atoms with Crippen LogP contribution in [0.4, 0.5) is 5.82 Å². The lowest BCUT2D eigenvalue weighted by Crippen LogP contribution is -2.22. The Morgan fingerprint density at radius 2 is 2.04 bits per heavy atom. The molecule has 2 N–H and O–H groups in total. The fourth-order valence-corrected chi connectivity index (χ4v) is 5.34. The molecule has 24 heavy (non-hydrogen) atoms. The summed E-state index contributed by atoms with van der Waals surface area (Å²) in [6, 6.07) is 1.37. The number of carbonyl (C=O) groups excluding carboxylic acids is 1. The van der Waals surface area contributed by atoms with E-state index in [1.165, 1.54) is 0 Å². The Morgan fingerprint density at radius 1 is 1.38 bits per heavy atom. The van der Waals surface area contributed by atoms with Crippen LogP contribution in [-0.2, 0) is 19.4 Å². The fourth-order valence-electron chi connectivity index (χ4n) is 3.65. The van der Waals surface area contributed by atoms with Gasteiger partial charge in [0.1, 0.15) is 5.82 Å². The van der Waals surface area contributed by atoms with Crippen molar-refractivity contribution in [2.75, 3.05) is 16.8 Å². The molecule has 1 saturated heterocycles. The summed E-state index contributed by atoms with van der Waals surface area (Å²) in [7, 11) is -3.07. The van der Waals surface area contributed by atoms with Gasteiger partial charge in [0.25, 0.3) is 0 Å². The Labute approximate surface area is 140 Å². The summed E-state index contributed by atoms with van der Waals surface area (Å²) < 4.78 is 24.9. The predicted molar refractivity (Wildman–Crippen MR) is 86.3 cm³/mol. The second kappa shape index (κ2) is 5.30. The van der Waals surface area contributed by atoms with Crippen LogP contribution in [0.2, 0.25) is 0 Å². The van der Waals surface area contributed by atoms with Gasteiger partial charge in [0.2, 0.25) is 5.91 Å². The molecule has 1 aromatic rings. The Hall–Kier alpha value is -1.90. The lowest BCUT2D eigenvalue weighted by atomic mass is 10.1. The van der Waals surface area contributed by atoms with Crippen molar-refractivity contribution in [3.05, 3.63) is 11.8 Å². The third kappa shape index (κ3) is 2.81. The highest BCUT2D eigenvalue weighted by atomic mass is 32.2. The minimum Gasteiger partial charge on any atom is -0.481 e. The van der Waals surface area contributed by atoms with Crippen molar-refractivity contribution < 1.29 is 23.1 Å². The first-order valence-electron chi connectivity index (χ1n) is 7.83. The van der Waals surface area contributed by atoms with E-state index >= 15 is 0 Å². The van der Waals surface area contributed by atoms with Crippen LogP contribution >= 0.6 is 0 Å². The fraction of sp³-hybridized carbons (Fsp3) is 0.667. The van der Waals surface area contributed by atoms with Gasteiger partial charge in [-0.25, -0.2) is 13.1 Å². The van der Waals surface area contributed by atoms with Gasteiger partial charge >= 0.3 is 5.97 Å². The number of nitrogens with zero attached hydrogens (tertiary/aromatic N) is 2. The number of carbonyl (C=O) groups is 2. The Balaban J connectivity index is 1.79. The monoisotopic (exact) mass is 355 g/mol. The molecule has 1 amide bonds. The Bertz CT molecular complexity index is 811. The number of nitrogens with one attached hydrogen (secondary N) is 1. The summed E-state index contributed by atoms with van der Waals surface area (Å²) in [4.78, 5) is 23.7. The van der Waals surface area contributed by atoms with Crippen molar-refractivity contribution >= 4 is 27.5 Å². The molecule has 0 radical (unpaired) electrons. The molecule has 0 aromatic carbocycles. The van der Waals surface area contributed by atoms with Gasteiger partial charge in [0.15, 0.2) is 9.84 Å². The van der Waals surface area contributed by atoms with Gasteiger partial charge in [0.05, 0.1) is 35.1 Å². The number of rotatable bonds is 4. The number of anilines is 1. The van der Waals surface area contributed by atoms with Crippen LogP contribution < -0.4 is 5.32 Å². The van der Waals surface area contributed by atoms with E-state index in [1.54, 1.807) is 31.5 Å². The van der Waals surface area contributed by atoms with E-state index in [0.29, 0.717) is 17.9 Å². The normalized spacial score (nSPS) is 30.0. The zero-order chi connectivity index (χ0) is 17.9. The molecule has 1 aliphatic carbocycles. The maximum Gasteiger partial charge on any atom is 0.307 e. The molecule has 1 aliphatic heterocycles. The maximum atomic E-state index is 12.5. The topological polar surface area (TPSA) is 118 Å². The summed E-state index contributed by atoms with van der Waals surface area (Å²) in [5.41, 5.74) is 0.0754. The molecule has 0 unspecified atom stereocenters. The average molecular weight is 355 g/mol. The molecule has 1 saturated carbocycles. The van der Waals surface area contributed by atoms with Crippen molar-refractivity contribution in [2.24, 2.45) is 17.3 Å². The number of aromatic nitrogens is 2. The lowest BCUT2D eigenvalue weighted by Gasteiger charge is -2.14. The van der Waals surface area contributed by atoms with Crippen LogP contribution in [0.3, 0.4) is 0 Å². The molecule has 0 spiro atoms. The van der Waals surface area contributed by atoms with Crippen molar-refractivity contribution in [1.29, 1.82) is 0 Å². The molecule has 132 valence electrons. The molecular formula is C15H21N3O5S. The highest BCUT2D eigenvalue weighted by molar-refractivity contribution is 7.91. The minimum atomic E-state index is -3.07. The van der Waals surface area contributed by atoms with E-state index < -0.39 is 33.1 Å². The molecular weight excluding hydrogens is 334 g/mol. The summed E-state index contributed by atoms with van der Waals surface area (Å²) >= 11 is 0. The van der Waals surface area contributed by atoms with E-state index in [2.05, 4.69) is 10.4 Å². The number of hydrogen-bond donors (Lipinski definition) is 2. The first kappa shape index (κ1) is 16.9. The smallest absolute Gasteiger partial charge is 0.307 e. The van der Waals surface area contributed by atoms with Crippen LogP contribution in [0.25, 0.3) is 0 Å². The quantitative estimate of drug-likeness (QED) is 0.826. The standard InChI is InChI=1S/C15H21N3O5S/c1-8-6-10(18(17-8)9-4-5-24(22,23)7-9)16-13(19)11-12(14(20)21)15(11,2)3/h6,9,11-12H,4-5,7H2,1-3H3,(H,16,19)(H,20,21)/t9-,11-,12+/m1/s1. The number of hydrogen-bond acceptors (Lipinski definition) is 5. The van der Waals surface area contributed by atoms with Crippen LogP contribution in [0.1, 0.15) is 32.0 Å². The minimum absolute atomic E-state index is 0.00363. The van der Waals surface area contributed by atoms with E-state index in [1.807, 2.05) is 0 Å². The summed E-state index contributed by atoms with van der Waals surface area (Å²) in [6.45, 7) is 5.26. The number of carboxylic acids is 1. The second-order valence-electron chi connectivity index (χ2n) is 7.28. The summed E-state index contributed by atoms with van der Waals surface area (Å²) in [6.07, 6.45) is 0.457. The average Bonchev–Trinajstić information content (AvgIpc) is 2.70. The zero-order valence-electron chi connectivity index (χ0n) is 13.8. The second-order valence-corrected chi connectivity index (χ2v) is 9.51. The van der Waals surface area contributed by atoms with Crippen LogP contribution in [-0.4, -0.2) is 46.7 Å². The number of carboxylic acid groups (broad SMARTS) is 1. The third-order valence-electron chi connectivity index (χ3n) is 5.04. The molecule has 9 heteroatoms. The molecule has 1 aromatic heterocycles. The van der Waals surface area contributed by atoms with E-state index in [-0.39, 0.29) is 23.5 Å². The molecule has 2 heterocycles. The van der Waals surface area contributed by atoms with Crippen molar-refractivity contribution in [2.45, 2.75) is 33.2 Å². The van der Waals surface area contributed by atoms with Crippen LogP contribution in [0.15, 0.2) is 6.07 Å². The zero-order valence-corrected chi connectivity index (χ0v) is 14.6. The number of amides is 1. The van der Waals surface area contributed by atoms with E-state index in [0.717, 1.165) is 0 Å². The number of sulfone groups is 1. The lowest BCUT2D eigenvalue weighted by molar-refractivity contribution is -0.140. The van der Waals surface area contributed by atoms with Gasteiger partial charge in [-0.15, -0.1) is 0 Å². The van der Waals surface area contributed by atoms with Gasteiger partial charge in [0, 0.05) is 6.07 Å². The molecule has 2 aliphatic rings. The highest BCUT2D eigenvalue weighted by Crippen LogP contribution is 2.58. The van der Waals surface area contributed by atoms with Crippen LogP contribution in [0.5, 0.6) is 0 Å². The molecule has 3 rings (SSSR count). The van der Waals surface area contributed by atoms with Crippen molar-refractivity contribution in [1.82, 2.24) is 9.78 Å². The van der Waals surface area contributed by atoms with E-state index in [9.17, 15) is 23.1 Å². The van der Waals surface area contributed by atoms with Crippen molar-refractivity contribution in [3.63, 3.8) is 0 Å². The molecule has 2 fully saturated rings. The van der Waals surface area contributed by atoms with Crippen molar-refractivity contribution in [3.8, 4) is 0 Å². The summed E-state index contributed by atoms with van der Waals surface area (Å²) in [5.74, 6) is -2.12. The number of aryl methyl sites for hydroxylation is 1. The van der Waals surface area contributed by atoms with Gasteiger partial charge in [-0.1, -0.05) is 13.8 Å². The van der Waals surface area contributed by atoms with Gasteiger partial charge in [-0.05, 0) is 18.8 Å². The van der Waals surface area contributed by atoms with E-state index in [4.69, 9.17) is 0 Å². The number of aliphatic carboxylic acids is 1. The molecule has 8 nitrogen and oxygen atoms in total. The van der Waals surface area contributed by atoms with Gasteiger partial charge in [-0.3, -0.25) is 9.59 Å². The highest BCUT2D eigenvalue weighted by Gasteiger charge is 2.66. The third-order valence-corrected chi connectivity index (χ3v) is 6.79.